The van der Waals surface area contributed by atoms with E-state index in [1.165, 1.54) is 30.6 Å². The van der Waals surface area contributed by atoms with Gasteiger partial charge in [0.25, 0.3) is 5.91 Å². The average molecular weight is 418 g/mol. The van der Waals surface area contributed by atoms with Gasteiger partial charge in [0, 0.05) is 23.6 Å². The number of hydrogen-bond acceptors (Lipinski definition) is 6. The van der Waals surface area contributed by atoms with Gasteiger partial charge in [-0.2, -0.15) is 0 Å². The van der Waals surface area contributed by atoms with Crippen LogP contribution in [0, 0.1) is 11.7 Å². The molecule has 8 heteroatoms. The summed E-state index contributed by atoms with van der Waals surface area (Å²) in [4.78, 5) is 19.7. The SMILES string of the molecule is COc1cc(F)ccc1-c1csc(C2CN(C(=O)C34CC(CO3)C4)CC(C)O2)n1. The zero-order valence-corrected chi connectivity index (χ0v) is 17.2. The van der Waals surface area contributed by atoms with Crippen LogP contribution in [0.25, 0.3) is 11.3 Å². The van der Waals surface area contributed by atoms with E-state index < -0.39 is 5.60 Å². The maximum absolute atomic E-state index is 13.5. The van der Waals surface area contributed by atoms with Crippen molar-refractivity contribution in [2.75, 3.05) is 26.8 Å². The minimum absolute atomic E-state index is 0.0842. The van der Waals surface area contributed by atoms with Crippen LogP contribution in [0.15, 0.2) is 23.6 Å². The van der Waals surface area contributed by atoms with Crippen molar-refractivity contribution in [1.29, 1.82) is 0 Å². The van der Waals surface area contributed by atoms with Gasteiger partial charge in [-0.15, -0.1) is 11.3 Å². The lowest BCUT2D eigenvalue weighted by Crippen LogP contribution is -2.57. The molecule has 2 unspecified atom stereocenters. The highest BCUT2D eigenvalue weighted by Crippen LogP contribution is 2.49. The molecule has 3 aliphatic heterocycles. The normalized spacial score (nSPS) is 30.9. The topological polar surface area (TPSA) is 60.9 Å². The molecule has 1 aliphatic carbocycles. The molecule has 154 valence electrons. The van der Waals surface area contributed by atoms with Gasteiger partial charge in [0.2, 0.25) is 0 Å². The number of fused-ring (bicyclic) bond motifs is 1. The van der Waals surface area contributed by atoms with Crippen LogP contribution in [0.3, 0.4) is 0 Å². The van der Waals surface area contributed by atoms with Crippen LogP contribution < -0.4 is 4.74 Å². The van der Waals surface area contributed by atoms with Crippen molar-refractivity contribution >= 4 is 17.2 Å². The quantitative estimate of drug-likeness (QED) is 0.761. The van der Waals surface area contributed by atoms with E-state index in [-0.39, 0.29) is 23.9 Å². The fraction of sp³-hybridized carbons (Fsp3) is 0.524. The number of carbonyl (C=O) groups is 1. The Morgan fingerprint density at radius 3 is 2.93 bits per heavy atom. The Bertz CT molecular complexity index is 937. The molecule has 2 atom stereocenters. The van der Waals surface area contributed by atoms with Gasteiger partial charge in [0.15, 0.2) is 0 Å². The molecular formula is C21H23FN2O4S. The summed E-state index contributed by atoms with van der Waals surface area (Å²) >= 11 is 1.48. The molecule has 6 rings (SSSR count). The number of aromatic nitrogens is 1. The largest absolute Gasteiger partial charge is 0.496 e. The van der Waals surface area contributed by atoms with Crippen molar-refractivity contribution in [3.8, 4) is 17.0 Å². The second kappa shape index (κ2) is 7.04. The predicted molar refractivity (Wildman–Crippen MR) is 105 cm³/mol. The van der Waals surface area contributed by atoms with Gasteiger partial charge >= 0.3 is 0 Å². The Morgan fingerprint density at radius 2 is 2.21 bits per heavy atom. The third-order valence-corrected chi connectivity index (χ3v) is 6.94. The van der Waals surface area contributed by atoms with Crippen molar-refractivity contribution in [1.82, 2.24) is 9.88 Å². The number of halogens is 1. The standard InChI is InChI=1S/C21H23FN2O4S/c1-12-8-24(20(25)21-6-13(7-21)10-27-21)9-18(28-12)19-23-16(11-29-19)15-4-3-14(22)5-17(15)26-2/h3-5,11-13,18H,6-10H2,1-2H3. The summed E-state index contributed by atoms with van der Waals surface area (Å²) in [5.41, 5.74) is 0.843. The lowest BCUT2D eigenvalue weighted by molar-refractivity contribution is -0.167. The number of morpholine rings is 1. The van der Waals surface area contributed by atoms with Crippen LogP contribution in [-0.2, 0) is 14.3 Å². The lowest BCUT2D eigenvalue weighted by atomic mass is 9.73. The van der Waals surface area contributed by atoms with Crippen LogP contribution in [0.2, 0.25) is 0 Å². The number of methoxy groups -OCH3 is 1. The molecule has 4 heterocycles. The predicted octanol–water partition coefficient (Wildman–Crippen LogP) is 3.43. The Kier molecular flexibility index (Phi) is 4.60. The first-order chi connectivity index (χ1) is 14.0. The Labute approximate surface area is 172 Å². The van der Waals surface area contributed by atoms with Gasteiger partial charge in [-0.25, -0.2) is 9.37 Å². The van der Waals surface area contributed by atoms with Crippen molar-refractivity contribution in [3.63, 3.8) is 0 Å². The molecule has 3 saturated heterocycles. The zero-order chi connectivity index (χ0) is 20.2. The molecule has 4 fully saturated rings. The highest BCUT2D eigenvalue weighted by atomic mass is 32.1. The molecule has 0 spiro atoms. The van der Waals surface area contributed by atoms with E-state index in [0.717, 1.165) is 23.4 Å². The van der Waals surface area contributed by atoms with Crippen LogP contribution in [-0.4, -0.2) is 54.3 Å². The summed E-state index contributed by atoms with van der Waals surface area (Å²) in [5, 5.41) is 2.71. The van der Waals surface area contributed by atoms with Crippen molar-refractivity contribution in [2.24, 2.45) is 5.92 Å². The third kappa shape index (κ3) is 3.23. The smallest absolute Gasteiger partial charge is 0.255 e. The Hall–Kier alpha value is -2.03. The fourth-order valence-electron chi connectivity index (χ4n) is 4.60. The van der Waals surface area contributed by atoms with E-state index >= 15 is 0 Å². The van der Waals surface area contributed by atoms with E-state index in [1.807, 2.05) is 17.2 Å². The van der Waals surface area contributed by atoms with E-state index in [4.69, 9.17) is 19.2 Å². The Balaban J connectivity index is 1.36. The zero-order valence-electron chi connectivity index (χ0n) is 16.4. The van der Waals surface area contributed by atoms with Crippen LogP contribution >= 0.6 is 11.3 Å². The van der Waals surface area contributed by atoms with Gasteiger partial charge in [0.1, 0.15) is 28.3 Å². The number of benzene rings is 1. The van der Waals surface area contributed by atoms with Crippen LogP contribution in [0.4, 0.5) is 4.39 Å². The summed E-state index contributed by atoms with van der Waals surface area (Å²) in [6, 6.07) is 4.40. The molecule has 1 amide bonds. The minimum Gasteiger partial charge on any atom is -0.496 e. The monoisotopic (exact) mass is 418 g/mol. The number of hydrogen-bond donors (Lipinski definition) is 0. The first-order valence-corrected chi connectivity index (χ1v) is 10.7. The summed E-state index contributed by atoms with van der Waals surface area (Å²) in [6.07, 6.45) is 1.31. The summed E-state index contributed by atoms with van der Waals surface area (Å²) < 4.78 is 30.7. The first kappa shape index (κ1) is 19.0. The van der Waals surface area contributed by atoms with E-state index in [9.17, 15) is 9.18 Å². The molecule has 1 aromatic heterocycles. The molecule has 4 aliphatic rings. The number of amides is 1. The summed E-state index contributed by atoms with van der Waals surface area (Å²) in [5.74, 6) is 0.712. The average Bonchev–Trinajstić information content (AvgIpc) is 3.42. The third-order valence-electron chi connectivity index (χ3n) is 6.01. The van der Waals surface area contributed by atoms with Gasteiger partial charge in [-0.05, 0) is 37.8 Å². The molecule has 2 aromatic rings. The van der Waals surface area contributed by atoms with E-state index in [0.29, 0.717) is 37.1 Å². The highest BCUT2D eigenvalue weighted by Gasteiger charge is 2.59. The maximum atomic E-state index is 13.5. The van der Waals surface area contributed by atoms with E-state index in [2.05, 4.69) is 0 Å². The molecule has 2 bridgehead atoms. The van der Waals surface area contributed by atoms with Crippen LogP contribution in [0.5, 0.6) is 5.75 Å². The Morgan fingerprint density at radius 1 is 1.38 bits per heavy atom. The lowest BCUT2D eigenvalue weighted by Gasteiger charge is -2.43. The summed E-state index contributed by atoms with van der Waals surface area (Å²) in [7, 11) is 1.51. The number of thiazole rings is 1. The minimum atomic E-state index is -0.595. The van der Waals surface area contributed by atoms with Gasteiger partial charge < -0.3 is 19.1 Å². The first-order valence-electron chi connectivity index (χ1n) is 9.85. The molecule has 1 saturated carbocycles. The van der Waals surface area contributed by atoms with E-state index in [1.54, 1.807) is 6.07 Å². The summed E-state index contributed by atoms with van der Waals surface area (Å²) in [6.45, 7) is 3.70. The van der Waals surface area contributed by atoms with Crippen LogP contribution in [0.1, 0.15) is 30.9 Å². The number of rotatable bonds is 4. The second-order valence-corrected chi connectivity index (χ2v) is 9.03. The number of carbonyl (C=O) groups excluding carboxylic acids is 1. The number of ether oxygens (including phenoxy) is 3. The van der Waals surface area contributed by atoms with Crippen molar-refractivity contribution < 1.29 is 23.4 Å². The second-order valence-electron chi connectivity index (χ2n) is 8.14. The van der Waals surface area contributed by atoms with Crippen molar-refractivity contribution in [3.05, 3.63) is 34.4 Å². The van der Waals surface area contributed by atoms with Gasteiger partial charge in [-0.1, -0.05) is 0 Å². The molecular weight excluding hydrogens is 395 g/mol. The molecule has 29 heavy (non-hydrogen) atoms. The highest BCUT2D eigenvalue weighted by molar-refractivity contribution is 7.10. The number of nitrogens with zero attached hydrogens (tertiary/aromatic N) is 2. The molecule has 0 radical (unpaired) electrons. The van der Waals surface area contributed by atoms with Crippen molar-refractivity contribution in [2.45, 2.75) is 37.6 Å². The molecule has 0 N–H and O–H groups in total. The fourth-order valence-corrected chi connectivity index (χ4v) is 5.44. The van der Waals surface area contributed by atoms with Gasteiger partial charge in [-0.3, -0.25) is 4.79 Å². The molecule has 6 nitrogen and oxygen atoms in total. The maximum Gasteiger partial charge on any atom is 0.255 e. The van der Waals surface area contributed by atoms with Gasteiger partial charge in [0.05, 0.1) is 32.1 Å². The molecule has 1 aromatic carbocycles.